The van der Waals surface area contributed by atoms with E-state index in [9.17, 15) is 9.50 Å². The van der Waals surface area contributed by atoms with Gasteiger partial charge in [0.1, 0.15) is 5.82 Å². The fraction of sp³-hybridized carbons (Fsp3) is 0.250. The van der Waals surface area contributed by atoms with Gasteiger partial charge in [0.2, 0.25) is 0 Å². The molecule has 0 aliphatic carbocycles. The zero-order valence-corrected chi connectivity index (χ0v) is 11.4. The van der Waals surface area contributed by atoms with Crippen LogP contribution in [0.5, 0.6) is 0 Å². The van der Waals surface area contributed by atoms with E-state index in [0.29, 0.717) is 10.6 Å². The SMILES string of the molecule is CC(c1ccccc1)C(O)Cc1cc(Cl)ccc1F. The van der Waals surface area contributed by atoms with Crippen molar-refractivity contribution in [2.24, 2.45) is 0 Å². The molecule has 1 nitrogen and oxygen atoms in total. The van der Waals surface area contributed by atoms with Gasteiger partial charge in [0, 0.05) is 17.4 Å². The maximum absolute atomic E-state index is 13.6. The lowest BCUT2D eigenvalue weighted by molar-refractivity contribution is 0.148. The summed E-state index contributed by atoms with van der Waals surface area (Å²) in [5, 5.41) is 10.7. The molecule has 2 aromatic rings. The standard InChI is InChI=1S/C16H16ClFO/c1-11(12-5-3-2-4-6-12)16(19)10-13-9-14(17)7-8-15(13)18/h2-9,11,16,19H,10H2,1H3. The first kappa shape index (κ1) is 14.0. The van der Waals surface area contributed by atoms with E-state index in [0.717, 1.165) is 5.56 Å². The van der Waals surface area contributed by atoms with E-state index < -0.39 is 6.10 Å². The summed E-state index contributed by atoms with van der Waals surface area (Å²) in [6.07, 6.45) is -0.391. The van der Waals surface area contributed by atoms with Crippen LogP contribution in [-0.4, -0.2) is 11.2 Å². The molecular weight excluding hydrogens is 263 g/mol. The Bertz CT molecular complexity index is 542. The smallest absolute Gasteiger partial charge is 0.126 e. The van der Waals surface area contributed by atoms with E-state index in [1.165, 1.54) is 12.1 Å². The third-order valence-electron chi connectivity index (χ3n) is 3.34. The highest BCUT2D eigenvalue weighted by Gasteiger charge is 2.18. The second kappa shape index (κ2) is 6.18. The van der Waals surface area contributed by atoms with Gasteiger partial charge in [0.05, 0.1) is 6.10 Å². The van der Waals surface area contributed by atoms with Crippen molar-refractivity contribution in [2.75, 3.05) is 0 Å². The first-order valence-electron chi connectivity index (χ1n) is 6.25. The van der Waals surface area contributed by atoms with E-state index in [2.05, 4.69) is 0 Å². The van der Waals surface area contributed by atoms with Crippen LogP contribution in [0.3, 0.4) is 0 Å². The average Bonchev–Trinajstić information content (AvgIpc) is 2.43. The van der Waals surface area contributed by atoms with E-state index in [-0.39, 0.29) is 18.2 Å². The Morgan fingerprint density at radius 3 is 2.53 bits per heavy atom. The van der Waals surface area contributed by atoms with Gasteiger partial charge in [-0.25, -0.2) is 4.39 Å². The molecule has 0 fully saturated rings. The third kappa shape index (κ3) is 3.55. The third-order valence-corrected chi connectivity index (χ3v) is 3.57. The van der Waals surface area contributed by atoms with Crippen LogP contribution in [0.4, 0.5) is 4.39 Å². The number of aliphatic hydroxyl groups excluding tert-OH is 1. The van der Waals surface area contributed by atoms with Crippen LogP contribution in [0.1, 0.15) is 24.0 Å². The van der Waals surface area contributed by atoms with Crippen LogP contribution >= 0.6 is 11.6 Å². The highest BCUT2D eigenvalue weighted by molar-refractivity contribution is 6.30. The van der Waals surface area contributed by atoms with Crippen LogP contribution in [-0.2, 0) is 6.42 Å². The lowest BCUT2D eigenvalue weighted by Gasteiger charge is -2.19. The van der Waals surface area contributed by atoms with Gasteiger partial charge in [0.15, 0.2) is 0 Å². The monoisotopic (exact) mass is 278 g/mol. The molecule has 19 heavy (non-hydrogen) atoms. The van der Waals surface area contributed by atoms with Gasteiger partial charge in [0.25, 0.3) is 0 Å². The molecule has 0 spiro atoms. The van der Waals surface area contributed by atoms with Crippen molar-refractivity contribution < 1.29 is 9.50 Å². The summed E-state index contributed by atoms with van der Waals surface area (Å²) in [5.41, 5.74) is 1.49. The Kier molecular flexibility index (Phi) is 4.56. The molecule has 3 heteroatoms. The lowest BCUT2D eigenvalue weighted by atomic mass is 9.91. The second-order valence-corrected chi connectivity index (χ2v) is 5.14. The molecule has 0 bridgehead atoms. The Balaban J connectivity index is 2.12. The van der Waals surface area contributed by atoms with Crippen LogP contribution < -0.4 is 0 Å². The number of halogens is 2. The predicted molar refractivity (Wildman–Crippen MR) is 76.0 cm³/mol. The number of hydrogen-bond acceptors (Lipinski definition) is 1. The quantitative estimate of drug-likeness (QED) is 0.889. The van der Waals surface area contributed by atoms with Crippen molar-refractivity contribution in [3.05, 3.63) is 70.5 Å². The number of rotatable bonds is 4. The molecule has 2 rings (SSSR count). The van der Waals surface area contributed by atoms with Gasteiger partial charge >= 0.3 is 0 Å². The molecule has 0 amide bonds. The Morgan fingerprint density at radius 2 is 1.84 bits per heavy atom. The van der Waals surface area contributed by atoms with Gasteiger partial charge < -0.3 is 5.11 Å². The van der Waals surface area contributed by atoms with Crippen molar-refractivity contribution in [1.29, 1.82) is 0 Å². The lowest BCUT2D eigenvalue weighted by Crippen LogP contribution is -2.19. The Labute approximate surface area is 117 Å². The fourth-order valence-corrected chi connectivity index (χ4v) is 2.28. The molecule has 2 atom stereocenters. The maximum Gasteiger partial charge on any atom is 0.126 e. The van der Waals surface area contributed by atoms with Gasteiger partial charge in [-0.2, -0.15) is 0 Å². The summed E-state index contributed by atoms with van der Waals surface area (Å²) in [6.45, 7) is 1.93. The molecule has 0 aliphatic heterocycles. The van der Waals surface area contributed by atoms with Gasteiger partial charge in [-0.3, -0.25) is 0 Å². The van der Waals surface area contributed by atoms with Crippen molar-refractivity contribution >= 4 is 11.6 Å². The fourth-order valence-electron chi connectivity index (χ4n) is 2.08. The minimum Gasteiger partial charge on any atom is -0.392 e. The van der Waals surface area contributed by atoms with Crippen molar-refractivity contribution in [2.45, 2.75) is 25.4 Å². The van der Waals surface area contributed by atoms with Crippen molar-refractivity contribution in [3.63, 3.8) is 0 Å². The van der Waals surface area contributed by atoms with Crippen LogP contribution in [0.25, 0.3) is 0 Å². The van der Waals surface area contributed by atoms with Gasteiger partial charge in [-0.1, -0.05) is 48.9 Å². The highest BCUT2D eigenvalue weighted by atomic mass is 35.5. The molecule has 2 unspecified atom stereocenters. The summed E-state index contributed by atoms with van der Waals surface area (Å²) in [4.78, 5) is 0. The number of hydrogen-bond donors (Lipinski definition) is 1. The predicted octanol–water partition coefficient (Wildman–Crippen LogP) is 4.19. The van der Waals surface area contributed by atoms with Gasteiger partial charge in [-0.15, -0.1) is 0 Å². The van der Waals surface area contributed by atoms with E-state index in [4.69, 9.17) is 11.6 Å². The molecular formula is C16H16ClFO. The minimum absolute atomic E-state index is 0.0559. The van der Waals surface area contributed by atoms with Crippen LogP contribution in [0.2, 0.25) is 5.02 Å². The normalized spacial score (nSPS) is 14.1. The summed E-state index contributed by atoms with van der Waals surface area (Å²) in [6, 6.07) is 14.1. The van der Waals surface area contributed by atoms with Crippen LogP contribution in [0.15, 0.2) is 48.5 Å². The Morgan fingerprint density at radius 1 is 1.16 bits per heavy atom. The maximum atomic E-state index is 13.6. The molecule has 0 heterocycles. The summed E-state index contributed by atoms with van der Waals surface area (Å²) >= 11 is 5.85. The zero-order valence-electron chi connectivity index (χ0n) is 10.7. The molecule has 0 aromatic heterocycles. The molecule has 0 saturated carbocycles. The Hall–Kier alpha value is -1.38. The molecule has 0 radical (unpaired) electrons. The molecule has 2 aromatic carbocycles. The molecule has 1 N–H and O–H groups in total. The van der Waals surface area contributed by atoms with E-state index >= 15 is 0 Å². The van der Waals surface area contributed by atoms with Crippen molar-refractivity contribution in [1.82, 2.24) is 0 Å². The first-order chi connectivity index (χ1) is 9.08. The molecule has 0 saturated heterocycles. The minimum atomic E-state index is -0.643. The number of benzene rings is 2. The average molecular weight is 279 g/mol. The number of aliphatic hydroxyl groups is 1. The first-order valence-corrected chi connectivity index (χ1v) is 6.62. The molecule has 100 valence electrons. The zero-order chi connectivity index (χ0) is 13.8. The summed E-state index contributed by atoms with van der Waals surface area (Å²) in [5.74, 6) is -0.386. The topological polar surface area (TPSA) is 20.2 Å². The molecule has 0 aliphatic rings. The summed E-state index contributed by atoms with van der Waals surface area (Å²) < 4.78 is 13.6. The van der Waals surface area contributed by atoms with Crippen molar-refractivity contribution in [3.8, 4) is 0 Å². The van der Waals surface area contributed by atoms with Crippen LogP contribution in [0, 0.1) is 5.82 Å². The van der Waals surface area contributed by atoms with E-state index in [1.807, 2.05) is 37.3 Å². The van der Waals surface area contributed by atoms with E-state index in [1.54, 1.807) is 6.07 Å². The largest absolute Gasteiger partial charge is 0.392 e. The highest BCUT2D eigenvalue weighted by Crippen LogP contribution is 2.24. The second-order valence-electron chi connectivity index (χ2n) is 4.71. The summed E-state index contributed by atoms with van der Waals surface area (Å²) in [7, 11) is 0. The van der Waals surface area contributed by atoms with Gasteiger partial charge in [-0.05, 0) is 29.3 Å².